The summed E-state index contributed by atoms with van der Waals surface area (Å²) in [6.07, 6.45) is 11.6. The molecule has 5 rings (SSSR count). The van der Waals surface area contributed by atoms with Crippen LogP contribution in [0.1, 0.15) is 62.3 Å². The Hall–Kier alpha value is -3.28. The van der Waals surface area contributed by atoms with Crippen LogP contribution < -0.4 is 5.32 Å². The van der Waals surface area contributed by atoms with Crippen molar-refractivity contribution in [2.75, 3.05) is 0 Å². The lowest BCUT2D eigenvalue weighted by atomic mass is 9.78. The molecule has 176 valence electrons. The summed E-state index contributed by atoms with van der Waals surface area (Å²) in [7, 11) is 0. The van der Waals surface area contributed by atoms with Gasteiger partial charge in [-0.05, 0) is 80.0 Å². The van der Waals surface area contributed by atoms with Crippen LogP contribution >= 0.6 is 0 Å². The number of carbonyl (C=O) groups is 1. The van der Waals surface area contributed by atoms with Crippen molar-refractivity contribution in [2.24, 2.45) is 5.92 Å². The van der Waals surface area contributed by atoms with Gasteiger partial charge >= 0.3 is 0 Å². The smallest absolute Gasteiger partial charge is 0.217 e. The number of amides is 1. The Kier molecular flexibility index (Phi) is 6.31. The number of hydrogen-bond acceptors (Lipinski definition) is 3. The Morgan fingerprint density at radius 1 is 1.21 bits per heavy atom. The molecule has 1 aromatic carbocycles. The van der Waals surface area contributed by atoms with Crippen LogP contribution in [0.4, 0.5) is 4.39 Å². The minimum absolute atomic E-state index is 0.0338. The van der Waals surface area contributed by atoms with Gasteiger partial charge in [0.2, 0.25) is 5.91 Å². The molecule has 3 atom stereocenters. The van der Waals surface area contributed by atoms with Crippen LogP contribution in [0.15, 0.2) is 66.1 Å². The number of hydrogen-bond donors (Lipinski definition) is 1. The average Bonchev–Trinajstić information content (AvgIpc) is 3.43. The third-order valence-corrected chi connectivity index (χ3v) is 7.44. The van der Waals surface area contributed by atoms with Crippen LogP contribution in [0.5, 0.6) is 0 Å². The number of fused-ring (bicyclic) bond motifs is 1. The molecule has 2 aromatic heterocycles. The van der Waals surface area contributed by atoms with Gasteiger partial charge in [0.15, 0.2) is 0 Å². The number of aryl methyl sites for hydroxylation is 1. The predicted molar refractivity (Wildman–Crippen MR) is 130 cm³/mol. The molecule has 2 heterocycles. The lowest BCUT2D eigenvalue weighted by molar-refractivity contribution is -0.119. The first-order chi connectivity index (χ1) is 16.5. The van der Waals surface area contributed by atoms with Crippen LogP contribution in [0, 0.1) is 11.7 Å². The molecule has 0 bridgehead atoms. The first-order valence-corrected chi connectivity index (χ1v) is 12.2. The Balaban J connectivity index is 1.34. The molecule has 3 aromatic rings. The van der Waals surface area contributed by atoms with E-state index >= 15 is 0 Å². The fourth-order valence-corrected chi connectivity index (χ4v) is 5.90. The maximum absolute atomic E-state index is 13.4. The van der Waals surface area contributed by atoms with E-state index in [2.05, 4.69) is 22.3 Å². The second-order valence-electron chi connectivity index (χ2n) is 9.66. The molecule has 0 aliphatic heterocycles. The van der Waals surface area contributed by atoms with Crippen molar-refractivity contribution >= 4 is 5.91 Å². The summed E-state index contributed by atoms with van der Waals surface area (Å²) < 4.78 is 15.4. The van der Waals surface area contributed by atoms with E-state index in [4.69, 9.17) is 0 Å². The first kappa shape index (κ1) is 22.5. The van der Waals surface area contributed by atoms with Gasteiger partial charge in [-0.2, -0.15) is 5.10 Å². The van der Waals surface area contributed by atoms with Gasteiger partial charge in [0.25, 0.3) is 0 Å². The largest absolute Gasteiger partial charge is 0.354 e. The minimum Gasteiger partial charge on any atom is -0.354 e. The Bertz CT molecular complexity index is 1200. The highest BCUT2D eigenvalue weighted by molar-refractivity contribution is 5.73. The number of allylic oxidation sites excluding steroid dienone is 2. The number of pyridine rings is 1. The second-order valence-corrected chi connectivity index (χ2v) is 9.66. The van der Waals surface area contributed by atoms with Crippen LogP contribution in [0.25, 0.3) is 5.69 Å². The zero-order chi connectivity index (χ0) is 23.7. The van der Waals surface area contributed by atoms with Gasteiger partial charge in [-0.1, -0.05) is 18.1 Å². The fraction of sp³-hybridized carbons (Fsp3) is 0.393. The van der Waals surface area contributed by atoms with Gasteiger partial charge in [-0.15, -0.1) is 0 Å². The van der Waals surface area contributed by atoms with Gasteiger partial charge in [0.1, 0.15) is 5.82 Å². The van der Waals surface area contributed by atoms with E-state index in [-0.39, 0.29) is 17.8 Å². The highest BCUT2D eigenvalue weighted by atomic mass is 19.1. The average molecular weight is 459 g/mol. The monoisotopic (exact) mass is 458 g/mol. The van der Waals surface area contributed by atoms with E-state index in [1.165, 1.54) is 34.5 Å². The quantitative estimate of drug-likeness (QED) is 0.489. The highest BCUT2D eigenvalue weighted by Crippen LogP contribution is 2.48. The summed E-state index contributed by atoms with van der Waals surface area (Å²) in [4.78, 5) is 16.0. The van der Waals surface area contributed by atoms with Crippen LogP contribution in [-0.4, -0.2) is 26.7 Å². The van der Waals surface area contributed by atoms with Crippen LogP contribution in [-0.2, 0) is 17.6 Å². The first-order valence-electron chi connectivity index (χ1n) is 12.2. The van der Waals surface area contributed by atoms with Crippen molar-refractivity contribution in [3.63, 3.8) is 0 Å². The van der Waals surface area contributed by atoms with Crippen LogP contribution in [0.3, 0.4) is 0 Å². The third-order valence-electron chi connectivity index (χ3n) is 7.44. The molecule has 0 saturated heterocycles. The Morgan fingerprint density at radius 3 is 2.71 bits per heavy atom. The van der Waals surface area contributed by atoms with E-state index < -0.39 is 0 Å². The SMILES string of the molecule is CC(=O)NC(CCc1ccncc1)C[C@H]1CCC2=C1[C@@H](C)c1cnn(-c3ccc(F)cc3)c1C2. The van der Waals surface area contributed by atoms with Crippen molar-refractivity contribution in [3.8, 4) is 5.69 Å². The van der Waals surface area contributed by atoms with Crippen LogP contribution in [0.2, 0.25) is 0 Å². The molecule has 1 amide bonds. The summed E-state index contributed by atoms with van der Waals surface area (Å²) in [6.45, 7) is 3.89. The zero-order valence-corrected chi connectivity index (χ0v) is 19.8. The number of rotatable bonds is 7. The number of carbonyl (C=O) groups excluding carboxylic acids is 1. The number of benzene rings is 1. The maximum Gasteiger partial charge on any atom is 0.217 e. The lowest BCUT2D eigenvalue weighted by Crippen LogP contribution is -2.35. The lowest BCUT2D eigenvalue weighted by Gasteiger charge is -2.29. The number of aromatic nitrogens is 3. The van der Waals surface area contributed by atoms with Gasteiger partial charge in [-0.25, -0.2) is 9.07 Å². The molecule has 1 N–H and O–H groups in total. The number of halogens is 1. The maximum atomic E-state index is 13.4. The standard InChI is InChI=1S/C28H31FN4O/c1-18-26-17-31-33(25-9-6-23(29)7-10-25)27(26)16-22-5-4-21(28(18)22)15-24(32-19(2)34)8-3-20-11-13-30-14-12-20/h6-7,9-14,17-18,21,24H,3-5,8,15-16H2,1-2H3,(H,32,34)/t18-,21+,24?/m0/s1. The van der Waals surface area contributed by atoms with Gasteiger partial charge < -0.3 is 5.32 Å². The summed E-state index contributed by atoms with van der Waals surface area (Å²) in [5, 5.41) is 7.88. The van der Waals surface area contributed by atoms with E-state index in [0.717, 1.165) is 44.2 Å². The zero-order valence-electron chi connectivity index (χ0n) is 19.8. The second kappa shape index (κ2) is 9.53. The van der Waals surface area contributed by atoms with Crippen molar-refractivity contribution in [1.82, 2.24) is 20.1 Å². The molecule has 6 heteroatoms. The molecule has 5 nitrogen and oxygen atoms in total. The van der Waals surface area contributed by atoms with E-state index in [9.17, 15) is 9.18 Å². The van der Waals surface area contributed by atoms with E-state index in [1.807, 2.05) is 35.4 Å². The summed E-state index contributed by atoms with van der Waals surface area (Å²) in [5.74, 6) is 0.575. The van der Waals surface area contributed by atoms with E-state index in [1.54, 1.807) is 24.6 Å². The molecule has 0 radical (unpaired) electrons. The number of nitrogens with one attached hydrogen (secondary N) is 1. The number of nitrogens with zero attached hydrogens (tertiary/aromatic N) is 3. The Labute approximate surface area is 200 Å². The molecular formula is C28H31FN4O. The highest BCUT2D eigenvalue weighted by Gasteiger charge is 2.37. The van der Waals surface area contributed by atoms with Crippen molar-refractivity contribution in [3.05, 3.63) is 88.8 Å². The predicted octanol–water partition coefficient (Wildman–Crippen LogP) is 5.30. The van der Waals surface area contributed by atoms with Gasteiger partial charge in [-0.3, -0.25) is 9.78 Å². The van der Waals surface area contributed by atoms with Gasteiger partial charge in [0.05, 0.1) is 17.6 Å². The third kappa shape index (κ3) is 4.54. The van der Waals surface area contributed by atoms with Crippen molar-refractivity contribution in [2.45, 2.75) is 64.3 Å². The Morgan fingerprint density at radius 2 is 1.97 bits per heavy atom. The molecule has 0 saturated carbocycles. The van der Waals surface area contributed by atoms with E-state index in [0.29, 0.717) is 11.8 Å². The van der Waals surface area contributed by atoms with Crippen molar-refractivity contribution in [1.29, 1.82) is 0 Å². The molecule has 34 heavy (non-hydrogen) atoms. The molecule has 1 unspecified atom stereocenters. The molecule has 0 spiro atoms. The normalized spacial score (nSPS) is 20.1. The topological polar surface area (TPSA) is 59.8 Å². The molecule has 0 fully saturated rings. The fourth-order valence-electron chi connectivity index (χ4n) is 5.90. The van der Waals surface area contributed by atoms with Crippen molar-refractivity contribution < 1.29 is 9.18 Å². The summed E-state index contributed by atoms with van der Waals surface area (Å²) in [5.41, 5.74) is 7.70. The summed E-state index contributed by atoms with van der Waals surface area (Å²) >= 11 is 0. The summed E-state index contributed by atoms with van der Waals surface area (Å²) in [6, 6.07) is 10.8. The van der Waals surface area contributed by atoms with Gasteiger partial charge in [0, 0.05) is 43.3 Å². The molecule has 2 aliphatic carbocycles. The minimum atomic E-state index is -0.237. The molecule has 2 aliphatic rings. The molecular weight excluding hydrogens is 427 g/mol.